The van der Waals surface area contributed by atoms with Crippen LogP contribution in [0.25, 0.3) is 0 Å². The van der Waals surface area contributed by atoms with Crippen LogP contribution in [0.1, 0.15) is 32.6 Å². The zero-order valence-corrected chi connectivity index (χ0v) is 10.8. The van der Waals surface area contributed by atoms with Crippen LogP contribution < -0.4 is 0 Å². The van der Waals surface area contributed by atoms with Crippen molar-refractivity contribution in [3.63, 3.8) is 0 Å². The lowest BCUT2D eigenvalue weighted by atomic mass is 9.95. The predicted octanol–water partition coefficient (Wildman–Crippen LogP) is 2.54. The molecule has 2 aliphatic heterocycles. The molecule has 4 rings (SSSR count). The fourth-order valence-electron chi connectivity index (χ4n) is 3.53. The van der Waals surface area contributed by atoms with Crippen LogP contribution in [0.4, 0.5) is 4.39 Å². The molecule has 1 amide bonds. The summed E-state index contributed by atoms with van der Waals surface area (Å²) in [4.78, 5) is 14.4. The van der Waals surface area contributed by atoms with E-state index in [-0.39, 0.29) is 11.7 Å². The molecular formula is C14H18FNO2. The number of nitrogens with zero attached hydrogens (tertiary/aromatic N) is 1. The molecule has 2 heterocycles. The van der Waals surface area contributed by atoms with E-state index < -0.39 is 5.83 Å². The summed E-state index contributed by atoms with van der Waals surface area (Å²) in [6.45, 7) is 2.19. The third-order valence-electron chi connectivity index (χ3n) is 4.47. The Hall–Kier alpha value is -1.32. The summed E-state index contributed by atoms with van der Waals surface area (Å²) in [5.41, 5.74) is 0.515. The maximum Gasteiger partial charge on any atom is 0.254 e. The van der Waals surface area contributed by atoms with Crippen molar-refractivity contribution in [2.45, 2.75) is 44.7 Å². The zero-order valence-electron chi connectivity index (χ0n) is 10.8. The quantitative estimate of drug-likeness (QED) is 0.754. The Morgan fingerprint density at radius 3 is 2.83 bits per heavy atom. The van der Waals surface area contributed by atoms with E-state index in [2.05, 4.69) is 6.92 Å². The molecule has 0 radical (unpaired) electrons. The number of hydrogen-bond acceptors (Lipinski definition) is 2. The van der Waals surface area contributed by atoms with E-state index in [1.165, 1.54) is 13.2 Å². The Labute approximate surface area is 106 Å². The van der Waals surface area contributed by atoms with E-state index in [4.69, 9.17) is 4.74 Å². The molecule has 18 heavy (non-hydrogen) atoms. The maximum atomic E-state index is 13.6. The number of methoxy groups -OCH3 is 1. The molecule has 3 fully saturated rings. The van der Waals surface area contributed by atoms with Gasteiger partial charge in [0, 0.05) is 12.1 Å². The number of allylic oxidation sites excluding steroid dienone is 2. The van der Waals surface area contributed by atoms with E-state index in [0.717, 1.165) is 12.8 Å². The Morgan fingerprint density at radius 2 is 2.28 bits per heavy atom. The third kappa shape index (κ3) is 1.51. The summed E-state index contributed by atoms with van der Waals surface area (Å²) in [5, 5.41) is 0. The lowest BCUT2D eigenvalue weighted by Crippen LogP contribution is -2.53. The highest BCUT2D eigenvalue weighted by atomic mass is 19.1. The molecule has 0 aromatic rings. The van der Waals surface area contributed by atoms with Crippen molar-refractivity contribution in [2.24, 2.45) is 5.92 Å². The number of ether oxygens (including phenoxy) is 1. The number of fused-ring (bicyclic) bond motifs is 1. The van der Waals surface area contributed by atoms with Gasteiger partial charge >= 0.3 is 0 Å². The number of carbonyl (C=O) groups is 1. The summed E-state index contributed by atoms with van der Waals surface area (Å²) in [6, 6.07) is 0.735. The molecule has 3 unspecified atom stereocenters. The molecule has 3 nitrogen and oxygen atoms in total. The summed E-state index contributed by atoms with van der Waals surface area (Å²) >= 11 is 0. The van der Waals surface area contributed by atoms with Gasteiger partial charge in [0.05, 0.1) is 12.7 Å². The number of carbonyl (C=O) groups excluding carboxylic acids is 1. The third-order valence-corrected chi connectivity index (χ3v) is 4.47. The monoisotopic (exact) mass is 251 g/mol. The Morgan fingerprint density at radius 1 is 1.50 bits per heavy atom. The van der Waals surface area contributed by atoms with E-state index in [1.54, 1.807) is 0 Å². The zero-order chi connectivity index (χ0) is 12.9. The van der Waals surface area contributed by atoms with Gasteiger partial charge in [-0.15, -0.1) is 0 Å². The second kappa shape index (κ2) is 4.11. The minimum atomic E-state index is -0.395. The summed E-state index contributed by atoms with van der Waals surface area (Å²) in [6.07, 6.45) is 4.85. The van der Waals surface area contributed by atoms with Crippen molar-refractivity contribution < 1.29 is 13.9 Å². The second-order valence-corrected chi connectivity index (χ2v) is 5.48. The predicted molar refractivity (Wildman–Crippen MR) is 65.3 cm³/mol. The second-order valence-electron chi connectivity index (χ2n) is 5.48. The highest BCUT2D eigenvalue weighted by Gasteiger charge is 2.52. The number of amides is 1. The maximum absolute atomic E-state index is 13.6. The van der Waals surface area contributed by atoms with Crippen LogP contribution >= 0.6 is 0 Å². The van der Waals surface area contributed by atoms with Crippen molar-refractivity contribution in [2.75, 3.05) is 7.11 Å². The Bertz CT molecular complexity index is 455. The van der Waals surface area contributed by atoms with Crippen LogP contribution in [0.2, 0.25) is 0 Å². The molecular weight excluding hydrogens is 233 g/mol. The standard InChI is InChI=1S/C14H18FNO2/c1-8-6-9-7-12(8)16(9)14(17)10-4-3-5-11(15)13(10)18-2/h5,8-9,12H,3-4,6-7H2,1-2H3. The van der Waals surface area contributed by atoms with Gasteiger partial charge < -0.3 is 9.64 Å². The molecule has 2 saturated heterocycles. The summed E-state index contributed by atoms with van der Waals surface area (Å²) < 4.78 is 18.7. The van der Waals surface area contributed by atoms with Crippen molar-refractivity contribution in [1.29, 1.82) is 0 Å². The first-order valence-electron chi connectivity index (χ1n) is 6.59. The molecule has 2 bridgehead atoms. The lowest BCUT2D eigenvalue weighted by molar-refractivity contribution is -0.136. The smallest absolute Gasteiger partial charge is 0.254 e. The topological polar surface area (TPSA) is 29.5 Å². The van der Waals surface area contributed by atoms with Crippen molar-refractivity contribution in [1.82, 2.24) is 4.90 Å². The molecule has 98 valence electrons. The average Bonchev–Trinajstić information content (AvgIpc) is 2.84. The first-order chi connectivity index (χ1) is 8.63. The minimum Gasteiger partial charge on any atom is -0.493 e. The van der Waals surface area contributed by atoms with Gasteiger partial charge in [0.2, 0.25) is 0 Å². The van der Waals surface area contributed by atoms with Gasteiger partial charge in [0.25, 0.3) is 5.91 Å². The molecule has 0 N–H and O–H groups in total. The molecule has 1 saturated carbocycles. The van der Waals surface area contributed by atoms with Crippen LogP contribution in [0.15, 0.2) is 23.2 Å². The van der Waals surface area contributed by atoms with E-state index in [1.807, 2.05) is 4.90 Å². The van der Waals surface area contributed by atoms with Gasteiger partial charge in [-0.3, -0.25) is 4.79 Å². The molecule has 2 aliphatic carbocycles. The highest BCUT2D eigenvalue weighted by molar-refractivity contribution is 5.96. The molecule has 4 heteroatoms. The molecule has 3 atom stereocenters. The Balaban J connectivity index is 1.87. The van der Waals surface area contributed by atoms with Crippen LogP contribution in [0.5, 0.6) is 0 Å². The largest absolute Gasteiger partial charge is 0.493 e. The number of halogens is 1. The van der Waals surface area contributed by atoms with Crippen LogP contribution in [0.3, 0.4) is 0 Å². The lowest BCUT2D eigenvalue weighted by Gasteiger charge is -2.42. The molecule has 4 aliphatic rings. The van der Waals surface area contributed by atoms with Gasteiger partial charge in [-0.2, -0.15) is 0 Å². The average molecular weight is 251 g/mol. The van der Waals surface area contributed by atoms with Crippen LogP contribution in [-0.4, -0.2) is 30.0 Å². The fourth-order valence-corrected chi connectivity index (χ4v) is 3.53. The van der Waals surface area contributed by atoms with Crippen LogP contribution in [0, 0.1) is 5.92 Å². The van der Waals surface area contributed by atoms with Gasteiger partial charge in [0.1, 0.15) is 0 Å². The normalized spacial score (nSPS) is 34.3. The fraction of sp³-hybridized carbons (Fsp3) is 0.643. The van der Waals surface area contributed by atoms with Crippen molar-refractivity contribution in [3.8, 4) is 0 Å². The van der Waals surface area contributed by atoms with Gasteiger partial charge in [-0.05, 0) is 37.7 Å². The van der Waals surface area contributed by atoms with Crippen LogP contribution in [-0.2, 0) is 9.53 Å². The summed E-state index contributed by atoms with van der Waals surface area (Å²) in [7, 11) is 1.43. The number of rotatable bonds is 2. The van der Waals surface area contributed by atoms with E-state index in [9.17, 15) is 9.18 Å². The minimum absolute atomic E-state index is 0.0132. The van der Waals surface area contributed by atoms with Gasteiger partial charge in [0.15, 0.2) is 11.6 Å². The van der Waals surface area contributed by atoms with E-state index in [0.29, 0.717) is 36.4 Å². The van der Waals surface area contributed by atoms with Gasteiger partial charge in [-0.25, -0.2) is 4.39 Å². The number of hydrogen-bond donors (Lipinski definition) is 0. The van der Waals surface area contributed by atoms with Crippen molar-refractivity contribution in [3.05, 3.63) is 23.2 Å². The molecule has 0 aromatic heterocycles. The van der Waals surface area contributed by atoms with E-state index >= 15 is 0 Å². The van der Waals surface area contributed by atoms with Gasteiger partial charge in [-0.1, -0.05) is 6.92 Å². The first kappa shape index (κ1) is 11.8. The molecule has 0 aromatic carbocycles. The summed E-state index contributed by atoms with van der Waals surface area (Å²) in [5.74, 6) is 0.313. The highest BCUT2D eigenvalue weighted by Crippen LogP contribution is 2.46. The Kier molecular flexibility index (Phi) is 2.68. The first-order valence-corrected chi connectivity index (χ1v) is 6.59. The molecule has 0 spiro atoms. The van der Waals surface area contributed by atoms with Crippen molar-refractivity contribution >= 4 is 5.91 Å². The SMILES string of the molecule is COC1=C(C(=O)N2C3CC(C)C2C3)CCC=C1F.